The first-order valence-corrected chi connectivity index (χ1v) is 8.59. The van der Waals surface area contributed by atoms with Gasteiger partial charge in [-0.2, -0.15) is 0 Å². The maximum Gasteiger partial charge on any atom is 0.191 e. The van der Waals surface area contributed by atoms with Crippen molar-refractivity contribution in [1.82, 2.24) is 15.6 Å². The normalized spacial score (nSPS) is 12.6. The van der Waals surface area contributed by atoms with E-state index in [-0.39, 0.29) is 6.10 Å². The molecule has 1 unspecified atom stereocenters. The number of methoxy groups -OCH3 is 1. The van der Waals surface area contributed by atoms with Gasteiger partial charge in [-0.3, -0.25) is 4.99 Å². The van der Waals surface area contributed by atoms with E-state index in [0.29, 0.717) is 13.1 Å². The highest BCUT2D eigenvalue weighted by atomic mass is 32.1. The molecular formula is C17H24N4O2S. The first-order chi connectivity index (χ1) is 11.6. The molecule has 0 bridgehead atoms. The number of nitrogens with zero attached hydrogens (tertiary/aromatic N) is 2. The second-order valence-electron chi connectivity index (χ2n) is 5.28. The number of aromatic nitrogens is 1. The molecule has 130 valence electrons. The van der Waals surface area contributed by atoms with Crippen molar-refractivity contribution < 1.29 is 9.47 Å². The van der Waals surface area contributed by atoms with Gasteiger partial charge in [0.25, 0.3) is 0 Å². The fourth-order valence-corrected chi connectivity index (χ4v) is 2.78. The second-order valence-corrected chi connectivity index (χ2v) is 6.60. The van der Waals surface area contributed by atoms with Crippen molar-refractivity contribution in [1.29, 1.82) is 0 Å². The Bertz CT molecular complexity index is 672. The smallest absolute Gasteiger partial charge is 0.191 e. The third kappa shape index (κ3) is 5.73. The SMILES string of the molecule is CN=C(NCc1ncc(C)s1)NCC(C)Oc1cccc(OC)c1. The zero-order valence-electron chi connectivity index (χ0n) is 14.5. The summed E-state index contributed by atoms with van der Waals surface area (Å²) in [6.45, 7) is 5.34. The molecule has 0 aliphatic carbocycles. The Morgan fingerprint density at radius 1 is 1.33 bits per heavy atom. The monoisotopic (exact) mass is 348 g/mol. The number of thiazole rings is 1. The van der Waals surface area contributed by atoms with E-state index >= 15 is 0 Å². The predicted molar refractivity (Wildman–Crippen MR) is 98.1 cm³/mol. The molecule has 0 aliphatic heterocycles. The summed E-state index contributed by atoms with van der Waals surface area (Å²) < 4.78 is 11.1. The highest BCUT2D eigenvalue weighted by molar-refractivity contribution is 7.11. The Labute approximate surface area is 146 Å². The molecule has 2 N–H and O–H groups in total. The summed E-state index contributed by atoms with van der Waals surface area (Å²) in [5.74, 6) is 2.29. The van der Waals surface area contributed by atoms with Crippen molar-refractivity contribution in [2.75, 3.05) is 20.7 Å². The van der Waals surface area contributed by atoms with E-state index in [1.54, 1.807) is 25.5 Å². The topological polar surface area (TPSA) is 67.8 Å². The molecule has 0 radical (unpaired) electrons. The molecule has 0 saturated heterocycles. The van der Waals surface area contributed by atoms with E-state index in [9.17, 15) is 0 Å². The summed E-state index contributed by atoms with van der Waals surface area (Å²) in [7, 11) is 3.39. The van der Waals surface area contributed by atoms with E-state index in [1.165, 1.54) is 4.88 Å². The molecule has 0 spiro atoms. The van der Waals surface area contributed by atoms with Crippen LogP contribution in [-0.4, -0.2) is 37.7 Å². The summed E-state index contributed by atoms with van der Waals surface area (Å²) in [5, 5.41) is 7.54. The van der Waals surface area contributed by atoms with Crippen molar-refractivity contribution in [3.63, 3.8) is 0 Å². The van der Waals surface area contributed by atoms with Crippen molar-refractivity contribution >= 4 is 17.3 Å². The van der Waals surface area contributed by atoms with Crippen LogP contribution in [0.2, 0.25) is 0 Å². The molecule has 0 amide bonds. The number of rotatable bonds is 7. The van der Waals surface area contributed by atoms with Gasteiger partial charge in [0.15, 0.2) is 5.96 Å². The Morgan fingerprint density at radius 3 is 2.79 bits per heavy atom. The molecular weight excluding hydrogens is 324 g/mol. The quantitative estimate of drug-likeness (QED) is 0.595. The summed E-state index contributed by atoms with van der Waals surface area (Å²) in [5.41, 5.74) is 0. The van der Waals surface area contributed by atoms with Gasteiger partial charge in [0.1, 0.15) is 22.6 Å². The number of hydrogen-bond acceptors (Lipinski definition) is 5. The number of ether oxygens (including phenoxy) is 2. The van der Waals surface area contributed by atoms with Gasteiger partial charge in [-0.15, -0.1) is 11.3 Å². The first kappa shape index (κ1) is 18.1. The van der Waals surface area contributed by atoms with Crippen molar-refractivity contribution in [2.45, 2.75) is 26.5 Å². The zero-order chi connectivity index (χ0) is 17.4. The van der Waals surface area contributed by atoms with Crippen molar-refractivity contribution in [2.24, 2.45) is 4.99 Å². The second kappa shape index (κ2) is 9.12. The molecule has 0 fully saturated rings. The van der Waals surface area contributed by atoms with Gasteiger partial charge in [0.05, 0.1) is 20.2 Å². The lowest BCUT2D eigenvalue weighted by atomic mass is 10.3. The van der Waals surface area contributed by atoms with Crippen LogP contribution in [0.15, 0.2) is 35.5 Å². The van der Waals surface area contributed by atoms with Crippen LogP contribution in [0.25, 0.3) is 0 Å². The summed E-state index contributed by atoms with van der Waals surface area (Å²) in [6, 6.07) is 7.58. The molecule has 2 aromatic rings. The lowest BCUT2D eigenvalue weighted by Gasteiger charge is -2.17. The van der Waals surface area contributed by atoms with Crippen molar-refractivity contribution in [3.05, 3.63) is 40.3 Å². The van der Waals surface area contributed by atoms with Gasteiger partial charge in [-0.05, 0) is 26.0 Å². The molecule has 2 rings (SSSR count). The molecule has 6 nitrogen and oxygen atoms in total. The summed E-state index contributed by atoms with van der Waals surface area (Å²) in [4.78, 5) is 9.74. The third-order valence-electron chi connectivity index (χ3n) is 3.24. The molecule has 1 aromatic heterocycles. The van der Waals surface area contributed by atoms with Crippen LogP contribution in [0.4, 0.5) is 0 Å². The molecule has 0 aliphatic rings. The molecule has 0 saturated carbocycles. The van der Waals surface area contributed by atoms with Gasteiger partial charge in [0, 0.05) is 24.2 Å². The predicted octanol–water partition coefficient (Wildman–Crippen LogP) is 2.59. The van der Waals surface area contributed by atoms with Gasteiger partial charge >= 0.3 is 0 Å². The average Bonchev–Trinajstić information content (AvgIpc) is 3.00. The van der Waals surface area contributed by atoms with Gasteiger partial charge in [-0.1, -0.05) is 6.07 Å². The lowest BCUT2D eigenvalue weighted by molar-refractivity contribution is 0.223. The van der Waals surface area contributed by atoms with Crippen molar-refractivity contribution in [3.8, 4) is 11.5 Å². The Balaban J connectivity index is 1.77. The van der Waals surface area contributed by atoms with Crippen LogP contribution in [0.5, 0.6) is 11.5 Å². The van der Waals surface area contributed by atoms with Crippen LogP contribution >= 0.6 is 11.3 Å². The van der Waals surface area contributed by atoms with Gasteiger partial charge in [-0.25, -0.2) is 4.98 Å². The first-order valence-electron chi connectivity index (χ1n) is 7.77. The van der Waals surface area contributed by atoms with E-state index in [0.717, 1.165) is 22.5 Å². The minimum Gasteiger partial charge on any atom is -0.497 e. The molecule has 7 heteroatoms. The number of hydrogen-bond donors (Lipinski definition) is 2. The van der Waals surface area contributed by atoms with E-state index in [2.05, 4.69) is 20.6 Å². The fourth-order valence-electron chi connectivity index (χ4n) is 2.05. The van der Waals surface area contributed by atoms with Crippen LogP contribution in [0, 0.1) is 6.92 Å². The lowest BCUT2D eigenvalue weighted by Crippen LogP contribution is -2.41. The largest absolute Gasteiger partial charge is 0.497 e. The number of aryl methyl sites for hydroxylation is 1. The standard InChI is InChI=1S/C17H24N4O2S/c1-12(23-15-7-5-6-14(8-15)22-4)9-20-17(18-3)21-11-16-19-10-13(2)24-16/h5-8,10,12H,9,11H2,1-4H3,(H2,18,20,21). The van der Waals surface area contributed by atoms with Gasteiger partial charge < -0.3 is 20.1 Å². The van der Waals surface area contributed by atoms with E-state index in [4.69, 9.17) is 9.47 Å². The Hall–Kier alpha value is -2.28. The van der Waals surface area contributed by atoms with Crippen LogP contribution in [-0.2, 0) is 6.54 Å². The Morgan fingerprint density at radius 2 is 2.12 bits per heavy atom. The highest BCUT2D eigenvalue weighted by Gasteiger charge is 2.07. The maximum atomic E-state index is 5.88. The van der Waals surface area contributed by atoms with Gasteiger partial charge in [0.2, 0.25) is 0 Å². The van der Waals surface area contributed by atoms with Crippen LogP contribution < -0.4 is 20.1 Å². The maximum absolute atomic E-state index is 5.88. The zero-order valence-corrected chi connectivity index (χ0v) is 15.3. The molecule has 1 aromatic carbocycles. The minimum atomic E-state index is -0.0160. The molecule has 24 heavy (non-hydrogen) atoms. The summed E-state index contributed by atoms with van der Waals surface area (Å²) >= 11 is 1.68. The van der Waals surface area contributed by atoms with E-state index < -0.39 is 0 Å². The molecule has 1 heterocycles. The van der Waals surface area contributed by atoms with Crippen LogP contribution in [0.3, 0.4) is 0 Å². The third-order valence-corrected chi connectivity index (χ3v) is 4.15. The number of nitrogens with one attached hydrogen (secondary N) is 2. The number of benzene rings is 1. The molecule has 1 atom stereocenters. The fraction of sp³-hybridized carbons (Fsp3) is 0.412. The van der Waals surface area contributed by atoms with E-state index in [1.807, 2.05) is 44.3 Å². The number of aliphatic imine (C=N–C) groups is 1. The summed E-state index contributed by atoms with van der Waals surface area (Å²) in [6.07, 6.45) is 1.86. The minimum absolute atomic E-state index is 0.0160. The average molecular weight is 348 g/mol. The number of guanidine groups is 1. The Kier molecular flexibility index (Phi) is 6.87. The van der Waals surface area contributed by atoms with Crippen LogP contribution in [0.1, 0.15) is 16.8 Å². The highest BCUT2D eigenvalue weighted by Crippen LogP contribution is 2.19.